The number of rotatable bonds is 6. The van der Waals surface area contributed by atoms with E-state index in [0.717, 1.165) is 6.07 Å². The number of sulfonamides is 1. The van der Waals surface area contributed by atoms with E-state index in [2.05, 4.69) is 0 Å². The summed E-state index contributed by atoms with van der Waals surface area (Å²) in [6.45, 7) is 8.62. The average molecular weight is 302 g/mol. The summed E-state index contributed by atoms with van der Waals surface area (Å²) in [5.74, 6) is -0.315. The Hall–Kier alpha value is -1.14. The number of nitrogen functional groups attached to an aromatic ring is 1. The van der Waals surface area contributed by atoms with Crippen molar-refractivity contribution < 1.29 is 12.8 Å². The van der Waals surface area contributed by atoms with E-state index in [9.17, 15) is 12.8 Å². The fraction of sp³-hybridized carbons (Fsp3) is 0.571. The zero-order valence-corrected chi connectivity index (χ0v) is 13.2. The number of hydrogen-bond acceptors (Lipinski definition) is 3. The van der Waals surface area contributed by atoms with Gasteiger partial charge in [-0.25, -0.2) is 12.8 Å². The summed E-state index contributed by atoms with van der Waals surface area (Å²) in [6.07, 6.45) is 0. The van der Waals surface area contributed by atoms with Crippen molar-refractivity contribution in [1.29, 1.82) is 0 Å². The van der Waals surface area contributed by atoms with Crippen LogP contribution in [-0.2, 0) is 10.0 Å². The Labute approximate surface area is 120 Å². The first-order valence-corrected chi connectivity index (χ1v) is 8.13. The average Bonchev–Trinajstić information content (AvgIpc) is 2.30. The monoisotopic (exact) mass is 302 g/mol. The summed E-state index contributed by atoms with van der Waals surface area (Å²) in [4.78, 5) is -0.0505. The molecule has 0 atom stereocenters. The third-order valence-corrected chi connectivity index (χ3v) is 4.57. The van der Waals surface area contributed by atoms with Crippen molar-refractivity contribution >= 4 is 15.7 Å². The number of nitrogens with two attached hydrogens (primary N) is 1. The van der Waals surface area contributed by atoms with E-state index in [-0.39, 0.29) is 22.4 Å². The Morgan fingerprint density at radius 3 is 2.05 bits per heavy atom. The van der Waals surface area contributed by atoms with Crippen LogP contribution < -0.4 is 5.73 Å². The minimum Gasteiger partial charge on any atom is -0.396 e. The van der Waals surface area contributed by atoms with Crippen LogP contribution in [0.25, 0.3) is 0 Å². The standard InChI is InChI=1S/C14H23FN2O2S/c1-10(2)8-17(9-11(3)4)20(18,19)12-5-6-14(16)13(15)7-12/h5-7,10-11H,8-9,16H2,1-4H3. The molecule has 4 nitrogen and oxygen atoms in total. The first-order chi connectivity index (χ1) is 9.14. The van der Waals surface area contributed by atoms with Gasteiger partial charge in [-0.05, 0) is 30.0 Å². The first-order valence-electron chi connectivity index (χ1n) is 6.69. The van der Waals surface area contributed by atoms with Gasteiger partial charge in [-0.15, -0.1) is 0 Å². The topological polar surface area (TPSA) is 63.4 Å². The van der Waals surface area contributed by atoms with E-state index in [0.29, 0.717) is 13.1 Å². The van der Waals surface area contributed by atoms with Gasteiger partial charge in [0.1, 0.15) is 5.82 Å². The van der Waals surface area contributed by atoms with Gasteiger partial charge in [0.15, 0.2) is 0 Å². The number of hydrogen-bond donors (Lipinski definition) is 1. The van der Waals surface area contributed by atoms with Crippen molar-refractivity contribution in [2.24, 2.45) is 11.8 Å². The lowest BCUT2D eigenvalue weighted by molar-refractivity contribution is 0.333. The number of nitrogens with zero attached hydrogens (tertiary/aromatic N) is 1. The lowest BCUT2D eigenvalue weighted by atomic mass is 10.2. The predicted octanol–water partition coefficient (Wildman–Crippen LogP) is 2.71. The highest BCUT2D eigenvalue weighted by molar-refractivity contribution is 7.89. The highest BCUT2D eigenvalue weighted by Gasteiger charge is 2.26. The van der Waals surface area contributed by atoms with Crippen LogP contribution in [0.15, 0.2) is 23.1 Å². The number of benzene rings is 1. The molecular weight excluding hydrogens is 279 g/mol. The van der Waals surface area contributed by atoms with Crippen molar-refractivity contribution in [3.05, 3.63) is 24.0 Å². The van der Waals surface area contributed by atoms with Gasteiger partial charge >= 0.3 is 0 Å². The molecular formula is C14H23FN2O2S. The predicted molar refractivity (Wildman–Crippen MR) is 79.2 cm³/mol. The van der Waals surface area contributed by atoms with Gasteiger partial charge in [0.2, 0.25) is 10.0 Å². The van der Waals surface area contributed by atoms with E-state index in [1.807, 2.05) is 27.7 Å². The normalized spacial score (nSPS) is 12.6. The van der Waals surface area contributed by atoms with E-state index in [4.69, 9.17) is 5.73 Å². The van der Waals surface area contributed by atoms with Gasteiger partial charge < -0.3 is 5.73 Å². The van der Waals surface area contributed by atoms with Crippen LogP contribution >= 0.6 is 0 Å². The quantitative estimate of drug-likeness (QED) is 0.822. The summed E-state index contributed by atoms with van der Waals surface area (Å²) >= 11 is 0. The molecule has 0 aliphatic rings. The second-order valence-electron chi connectivity index (χ2n) is 5.79. The summed E-state index contributed by atoms with van der Waals surface area (Å²) in [5, 5.41) is 0. The van der Waals surface area contributed by atoms with Crippen LogP contribution in [0, 0.1) is 17.7 Å². The van der Waals surface area contributed by atoms with E-state index in [1.165, 1.54) is 16.4 Å². The van der Waals surface area contributed by atoms with Crippen LogP contribution in [0.3, 0.4) is 0 Å². The maximum absolute atomic E-state index is 13.5. The molecule has 20 heavy (non-hydrogen) atoms. The molecule has 0 heterocycles. The minimum absolute atomic E-state index is 0.0505. The molecule has 1 aromatic rings. The third-order valence-electron chi connectivity index (χ3n) is 2.75. The van der Waals surface area contributed by atoms with Crippen LogP contribution in [0.2, 0.25) is 0 Å². The molecule has 114 valence electrons. The fourth-order valence-electron chi connectivity index (χ4n) is 1.90. The highest BCUT2D eigenvalue weighted by Crippen LogP contribution is 2.21. The molecule has 0 aliphatic heterocycles. The first kappa shape index (κ1) is 16.9. The Morgan fingerprint density at radius 2 is 1.65 bits per heavy atom. The summed E-state index contributed by atoms with van der Waals surface area (Å²) in [6, 6.07) is 3.62. The third kappa shape index (κ3) is 4.18. The zero-order chi connectivity index (χ0) is 15.5. The van der Waals surface area contributed by atoms with Crippen molar-refractivity contribution in [3.63, 3.8) is 0 Å². The molecule has 1 rings (SSSR count). The van der Waals surface area contributed by atoms with Gasteiger partial charge in [0.25, 0.3) is 0 Å². The molecule has 0 bridgehead atoms. The van der Waals surface area contributed by atoms with E-state index in [1.54, 1.807) is 0 Å². The van der Waals surface area contributed by atoms with Gasteiger partial charge in [-0.2, -0.15) is 4.31 Å². The molecule has 0 aromatic heterocycles. The molecule has 0 unspecified atom stereocenters. The van der Waals surface area contributed by atoms with Crippen LogP contribution in [0.4, 0.5) is 10.1 Å². The van der Waals surface area contributed by atoms with Crippen molar-refractivity contribution in [2.45, 2.75) is 32.6 Å². The molecule has 2 N–H and O–H groups in total. The van der Waals surface area contributed by atoms with Gasteiger partial charge in [0.05, 0.1) is 10.6 Å². The second kappa shape index (κ2) is 6.54. The molecule has 0 saturated carbocycles. The Bertz CT molecular complexity index is 546. The van der Waals surface area contributed by atoms with Gasteiger partial charge in [-0.1, -0.05) is 27.7 Å². The maximum Gasteiger partial charge on any atom is 0.243 e. The van der Waals surface area contributed by atoms with Gasteiger partial charge in [0, 0.05) is 13.1 Å². The minimum atomic E-state index is -3.69. The van der Waals surface area contributed by atoms with E-state index >= 15 is 0 Å². The largest absolute Gasteiger partial charge is 0.396 e. The molecule has 0 fully saturated rings. The Balaban J connectivity index is 3.17. The zero-order valence-electron chi connectivity index (χ0n) is 12.4. The van der Waals surface area contributed by atoms with E-state index < -0.39 is 15.8 Å². The fourth-order valence-corrected chi connectivity index (χ4v) is 3.68. The molecule has 6 heteroatoms. The van der Waals surface area contributed by atoms with Crippen LogP contribution in [0.5, 0.6) is 0 Å². The summed E-state index contributed by atoms with van der Waals surface area (Å²) < 4.78 is 40.1. The van der Waals surface area contributed by atoms with Crippen LogP contribution in [-0.4, -0.2) is 25.8 Å². The molecule has 0 saturated heterocycles. The lowest BCUT2D eigenvalue weighted by Gasteiger charge is -2.25. The summed E-state index contributed by atoms with van der Waals surface area (Å²) in [5.41, 5.74) is 5.33. The van der Waals surface area contributed by atoms with Crippen molar-refractivity contribution in [2.75, 3.05) is 18.8 Å². The smallest absolute Gasteiger partial charge is 0.243 e. The van der Waals surface area contributed by atoms with Gasteiger partial charge in [-0.3, -0.25) is 0 Å². The number of halogens is 1. The van der Waals surface area contributed by atoms with Crippen molar-refractivity contribution in [1.82, 2.24) is 4.31 Å². The van der Waals surface area contributed by atoms with Crippen molar-refractivity contribution in [3.8, 4) is 0 Å². The number of anilines is 1. The molecule has 1 aromatic carbocycles. The molecule has 0 amide bonds. The second-order valence-corrected chi connectivity index (χ2v) is 7.73. The lowest BCUT2D eigenvalue weighted by Crippen LogP contribution is -2.37. The highest BCUT2D eigenvalue weighted by atomic mass is 32.2. The molecule has 0 spiro atoms. The Kier molecular flexibility index (Phi) is 5.53. The molecule has 0 radical (unpaired) electrons. The Morgan fingerprint density at radius 1 is 1.15 bits per heavy atom. The molecule has 0 aliphatic carbocycles. The van der Waals surface area contributed by atoms with Crippen LogP contribution in [0.1, 0.15) is 27.7 Å². The maximum atomic E-state index is 13.5. The summed E-state index contributed by atoms with van der Waals surface area (Å²) in [7, 11) is -3.69. The SMILES string of the molecule is CC(C)CN(CC(C)C)S(=O)(=O)c1ccc(N)c(F)c1.